The first-order valence-corrected chi connectivity index (χ1v) is 8.97. The topological polar surface area (TPSA) is 78.4 Å². The van der Waals surface area contributed by atoms with E-state index >= 15 is 0 Å². The summed E-state index contributed by atoms with van der Waals surface area (Å²) in [6.07, 6.45) is 7.83. The van der Waals surface area contributed by atoms with Gasteiger partial charge in [0.15, 0.2) is 0 Å². The summed E-state index contributed by atoms with van der Waals surface area (Å²) in [7, 11) is 0. The average Bonchev–Trinajstić information content (AvgIpc) is 2.59. The van der Waals surface area contributed by atoms with Gasteiger partial charge in [-0.2, -0.15) is 0 Å². The molecule has 1 aromatic rings. The normalized spacial score (nSPS) is 20.0. The zero-order chi connectivity index (χ0) is 17.0. The molecule has 0 radical (unpaired) electrons. The van der Waals surface area contributed by atoms with Crippen LogP contribution in [0, 0.1) is 5.92 Å². The number of carbonyl (C=O) groups is 2. The van der Waals surface area contributed by atoms with Gasteiger partial charge in [-0.1, -0.05) is 25.3 Å². The first kappa shape index (κ1) is 17.0. The minimum Gasteiger partial charge on any atom is -0.388 e. The van der Waals surface area contributed by atoms with Crippen LogP contribution in [0.15, 0.2) is 24.3 Å². The van der Waals surface area contributed by atoms with E-state index in [-0.39, 0.29) is 24.3 Å². The lowest BCUT2D eigenvalue weighted by molar-refractivity contribution is -0.120. The monoisotopic (exact) mass is 330 g/mol. The van der Waals surface area contributed by atoms with Crippen molar-refractivity contribution in [2.75, 3.05) is 11.9 Å². The Bertz CT molecular complexity index is 604. The van der Waals surface area contributed by atoms with Crippen LogP contribution in [0.25, 0.3) is 0 Å². The summed E-state index contributed by atoms with van der Waals surface area (Å²) in [5.41, 5.74) is 0.419. The molecule has 2 saturated carbocycles. The molecule has 0 aromatic heterocycles. The molecule has 130 valence electrons. The van der Waals surface area contributed by atoms with Gasteiger partial charge in [-0.15, -0.1) is 0 Å². The van der Waals surface area contributed by atoms with E-state index in [1.807, 2.05) is 0 Å². The van der Waals surface area contributed by atoms with Gasteiger partial charge >= 0.3 is 0 Å². The summed E-state index contributed by atoms with van der Waals surface area (Å²) in [5, 5.41) is 15.8. The van der Waals surface area contributed by atoms with Crippen LogP contribution in [0.1, 0.15) is 61.7 Å². The molecule has 0 atom stereocenters. The van der Waals surface area contributed by atoms with Crippen molar-refractivity contribution in [3.8, 4) is 0 Å². The SMILES string of the molecule is O=C(NCC1(O)CCC1)c1cccc(NC(=O)C2CCCCC2)c1. The molecule has 5 nitrogen and oxygen atoms in total. The first-order valence-electron chi connectivity index (χ1n) is 8.97. The Kier molecular flexibility index (Phi) is 5.19. The highest BCUT2D eigenvalue weighted by Crippen LogP contribution is 2.30. The Balaban J connectivity index is 1.56. The lowest BCUT2D eigenvalue weighted by Gasteiger charge is -2.36. The van der Waals surface area contributed by atoms with Crippen molar-refractivity contribution in [2.45, 2.75) is 57.0 Å². The first-order chi connectivity index (χ1) is 11.6. The maximum atomic E-state index is 12.3. The largest absolute Gasteiger partial charge is 0.388 e. The molecule has 2 aliphatic rings. The van der Waals surface area contributed by atoms with Crippen molar-refractivity contribution >= 4 is 17.5 Å². The van der Waals surface area contributed by atoms with E-state index < -0.39 is 5.60 Å². The van der Waals surface area contributed by atoms with Crippen molar-refractivity contribution in [2.24, 2.45) is 5.92 Å². The zero-order valence-corrected chi connectivity index (χ0v) is 14.0. The van der Waals surface area contributed by atoms with Crippen molar-refractivity contribution in [1.82, 2.24) is 5.32 Å². The number of carbonyl (C=O) groups excluding carboxylic acids is 2. The van der Waals surface area contributed by atoms with Gasteiger partial charge < -0.3 is 15.7 Å². The highest BCUT2D eigenvalue weighted by Gasteiger charge is 2.34. The molecule has 0 heterocycles. The molecule has 0 bridgehead atoms. The summed E-state index contributed by atoms with van der Waals surface area (Å²) < 4.78 is 0. The molecular weight excluding hydrogens is 304 g/mol. The maximum absolute atomic E-state index is 12.3. The minimum atomic E-state index is -0.734. The highest BCUT2D eigenvalue weighted by molar-refractivity contribution is 5.97. The minimum absolute atomic E-state index is 0.0519. The molecule has 3 N–H and O–H groups in total. The smallest absolute Gasteiger partial charge is 0.251 e. The lowest BCUT2D eigenvalue weighted by Crippen LogP contribution is -2.47. The van der Waals surface area contributed by atoms with Gasteiger partial charge in [-0.3, -0.25) is 9.59 Å². The van der Waals surface area contributed by atoms with E-state index in [0.717, 1.165) is 44.9 Å². The third-order valence-electron chi connectivity index (χ3n) is 5.23. The molecule has 0 aliphatic heterocycles. The third-order valence-corrected chi connectivity index (χ3v) is 5.23. The van der Waals surface area contributed by atoms with Crippen LogP contribution in [-0.4, -0.2) is 29.1 Å². The van der Waals surface area contributed by atoms with Crippen LogP contribution in [0.3, 0.4) is 0 Å². The van der Waals surface area contributed by atoms with Crippen LogP contribution in [-0.2, 0) is 4.79 Å². The van der Waals surface area contributed by atoms with Gasteiger partial charge in [0.2, 0.25) is 5.91 Å². The van der Waals surface area contributed by atoms with Crippen molar-refractivity contribution < 1.29 is 14.7 Å². The number of rotatable bonds is 5. The fourth-order valence-electron chi connectivity index (χ4n) is 3.46. The number of benzene rings is 1. The predicted octanol–water partition coefficient (Wildman–Crippen LogP) is 2.85. The molecule has 0 spiro atoms. The molecule has 2 amide bonds. The van der Waals surface area contributed by atoms with Gasteiger partial charge in [-0.05, 0) is 50.3 Å². The van der Waals surface area contributed by atoms with E-state index in [1.165, 1.54) is 6.42 Å². The average molecular weight is 330 g/mol. The van der Waals surface area contributed by atoms with Crippen LogP contribution < -0.4 is 10.6 Å². The Morgan fingerprint density at radius 1 is 1.12 bits per heavy atom. The summed E-state index contributed by atoms with van der Waals surface area (Å²) in [4.78, 5) is 24.5. The summed E-state index contributed by atoms with van der Waals surface area (Å²) in [6, 6.07) is 6.98. The van der Waals surface area contributed by atoms with Crippen molar-refractivity contribution in [3.05, 3.63) is 29.8 Å². The van der Waals surface area contributed by atoms with Gasteiger partial charge in [0, 0.05) is 23.7 Å². The second-order valence-corrected chi connectivity index (χ2v) is 7.17. The van der Waals surface area contributed by atoms with E-state index in [2.05, 4.69) is 10.6 Å². The Morgan fingerprint density at radius 3 is 2.54 bits per heavy atom. The van der Waals surface area contributed by atoms with Crippen LogP contribution in [0.5, 0.6) is 0 Å². The molecule has 0 saturated heterocycles. The van der Waals surface area contributed by atoms with Gasteiger partial charge in [0.05, 0.1) is 5.60 Å². The summed E-state index contributed by atoms with van der Waals surface area (Å²) in [5.74, 6) is -0.0794. The number of nitrogens with one attached hydrogen (secondary N) is 2. The molecule has 0 unspecified atom stereocenters. The molecule has 1 aromatic carbocycles. The molecule has 2 fully saturated rings. The summed E-state index contributed by atoms with van der Waals surface area (Å²) in [6.45, 7) is 0.282. The van der Waals surface area contributed by atoms with Crippen molar-refractivity contribution in [3.63, 3.8) is 0 Å². The zero-order valence-electron chi connectivity index (χ0n) is 14.0. The number of aliphatic hydroxyl groups is 1. The van der Waals surface area contributed by atoms with Crippen molar-refractivity contribution in [1.29, 1.82) is 0 Å². The quantitative estimate of drug-likeness (QED) is 0.777. The lowest BCUT2D eigenvalue weighted by atomic mass is 9.80. The van der Waals surface area contributed by atoms with E-state index in [9.17, 15) is 14.7 Å². The number of hydrogen-bond donors (Lipinski definition) is 3. The fourth-order valence-corrected chi connectivity index (χ4v) is 3.46. The highest BCUT2D eigenvalue weighted by atomic mass is 16.3. The van der Waals surface area contributed by atoms with Gasteiger partial charge in [0.25, 0.3) is 5.91 Å². The Morgan fingerprint density at radius 2 is 1.88 bits per heavy atom. The van der Waals surface area contributed by atoms with E-state index in [4.69, 9.17) is 0 Å². The standard InChI is InChI=1S/C19H26N2O3/c22-17(20-13-19(24)10-5-11-19)15-8-4-9-16(12-15)21-18(23)14-6-2-1-3-7-14/h4,8-9,12,14,24H,1-3,5-7,10-11,13H2,(H,20,22)(H,21,23). The Hall–Kier alpha value is -1.88. The van der Waals surface area contributed by atoms with Crippen LogP contribution in [0.2, 0.25) is 0 Å². The number of hydrogen-bond acceptors (Lipinski definition) is 3. The number of anilines is 1. The number of amides is 2. The summed E-state index contributed by atoms with van der Waals surface area (Å²) >= 11 is 0. The second kappa shape index (κ2) is 7.34. The van der Waals surface area contributed by atoms with Crippen LogP contribution in [0.4, 0.5) is 5.69 Å². The van der Waals surface area contributed by atoms with Gasteiger partial charge in [-0.25, -0.2) is 0 Å². The Labute approximate surface area is 142 Å². The van der Waals surface area contributed by atoms with E-state index in [0.29, 0.717) is 11.3 Å². The van der Waals surface area contributed by atoms with Gasteiger partial charge in [0.1, 0.15) is 0 Å². The molecule has 5 heteroatoms. The van der Waals surface area contributed by atoms with E-state index in [1.54, 1.807) is 24.3 Å². The third kappa shape index (κ3) is 4.15. The fraction of sp³-hybridized carbons (Fsp3) is 0.579. The second-order valence-electron chi connectivity index (χ2n) is 7.17. The molecule has 3 rings (SSSR count). The molecular formula is C19H26N2O3. The molecule has 2 aliphatic carbocycles. The van der Waals surface area contributed by atoms with Crippen LogP contribution >= 0.6 is 0 Å². The molecule has 24 heavy (non-hydrogen) atoms. The predicted molar refractivity (Wildman–Crippen MR) is 92.8 cm³/mol. The maximum Gasteiger partial charge on any atom is 0.251 e.